The number of ether oxygens (including phenoxy) is 1. The van der Waals surface area contributed by atoms with E-state index < -0.39 is 0 Å². The van der Waals surface area contributed by atoms with E-state index in [1.165, 1.54) is 12.0 Å². The Morgan fingerprint density at radius 2 is 1.88 bits per heavy atom. The lowest BCUT2D eigenvalue weighted by molar-refractivity contribution is 0.118. The van der Waals surface area contributed by atoms with Crippen LogP contribution < -0.4 is 5.73 Å². The molecule has 2 heteroatoms. The van der Waals surface area contributed by atoms with Crippen LogP contribution in [0.2, 0.25) is 0 Å². The predicted octanol–water partition coefficient (Wildman–Crippen LogP) is 3.07. The molecule has 0 amide bonds. The number of unbranched alkanes of at least 4 members (excludes halogenated alkanes) is 1. The SMILES string of the molecule is CCCCOCC(N)c1ccc(CC)cc1. The standard InChI is InChI=1S/C14H23NO/c1-3-5-10-16-11-14(15)13-8-6-12(4-2)7-9-13/h6-9,14H,3-5,10-11,15H2,1-2H3. The molecule has 16 heavy (non-hydrogen) atoms. The van der Waals surface area contributed by atoms with Gasteiger partial charge in [-0.3, -0.25) is 0 Å². The fraction of sp³-hybridized carbons (Fsp3) is 0.571. The maximum Gasteiger partial charge on any atom is 0.0659 e. The lowest BCUT2D eigenvalue weighted by atomic mass is 10.1. The van der Waals surface area contributed by atoms with E-state index in [1.807, 2.05) is 0 Å². The van der Waals surface area contributed by atoms with Crippen LogP contribution in [-0.2, 0) is 11.2 Å². The Bertz CT molecular complexity index is 281. The van der Waals surface area contributed by atoms with Gasteiger partial charge in [-0.15, -0.1) is 0 Å². The molecule has 2 N–H and O–H groups in total. The maximum absolute atomic E-state index is 6.04. The first-order valence-corrected chi connectivity index (χ1v) is 6.20. The zero-order chi connectivity index (χ0) is 11.8. The van der Waals surface area contributed by atoms with Crippen LogP contribution in [-0.4, -0.2) is 13.2 Å². The van der Waals surface area contributed by atoms with Gasteiger partial charge in [0.05, 0.1) is 12.6 Å². The molecule has 1 aromatic rings. The zero-order valence-corrected chi connectivity index (χ0v) is 10.4. The van der Waals surface area contributed by atoms with Gasteiger partial charge in [-0.1, -0.05) is 44.5 Å². The summed E-state index contributed by atoms with van der Waals surface area (Å²) in [6, 6.07) is 8.49. The van der Waals surface area contributed by atoms with E-state index in [9.17, 15) is 0 Å². The topological polar surface area (TPSA) is 35.2 Å². The molecule has 0 saturated heterocycles. The van der Waals surface area contributed by atoms with Crippen molar-refractivity contribution in [2.75, 3.05) is 13.2 Å². The molecule has 0 spiro atoms. The molecule has 0 heterocycles. The Morgan fingerprint density at radius 1 is 1.19 bits per heavy atom. The summed E-state index contributed by atoms with van der Waals surface area (Å²) in [5.74, 6) is 0. The van der Waals surface area contributed by atoms with E-state index in [4.69, 9.17) is 10.5 Å². The van der Waals surface area contributed by atoms with E-state index in [2.05, 4.69) is 38.1 Å². The Balaban J connectivity index is 2.37. The van der Waals surface area contributed by atoms with Crippen molar-refractivity contribution in [2.24, 2.45) is 5.73 Å². The molecule has 0 bridgehead atoms. The van der Waals surface area contributed by atoms with Crippen LogP contribution in [0.4, 0.5) is 0 Å². The van der Waals surface area contributed by atoms with Gasteiger partial charge in [0.1, 0.15) is 0 Å². The molecule has 0 saturated carbocycles. The van der Waals surface area contributed by atoms with Gasteiger partial charge in [0.15, 0.2) is 0 Å². The van der Waals surface area contributed by atoms with Gasteiger partial charge in [-0.05, 0) is 24.0 Å². The molecule has 1 aromatic carbocycles. The molecule has 90 valence electrons. The molecule has 2 nitrogen and oxygen atoms in total. The number of hydrogen-bond donors (Lipinski definition) is 1. The number of nitrogens with two attached hydrogens (primary N) is 1. The van der Waals surface area contributed by atoms with Gasteiger partial charge < -0.3 is 10.5 Å². The third-order valence-corrected chi connectivity index (χ3v) is 2.76. The molecular formula is C14H23NO. The number of rotatable bonds is 7. The third kappa shape index (κ3) is 4.33. The minimum absolute atomic E-state index is 0.00256. The highest BCUT2D eigenvalue weighted by Gasteiger charge is 2.05. The summed E-state index contributed by atoms with van der Waals surface area (Å²) < 4.78 is 5.52. The summed E-state index contributed by atoms with van der Waals surface area (Å²) in [6.07, 6.45) is 3.35. The highest BCUT2D eigenvalue weighted by atomic mass is 16.5. The van der Waals surface area contributed by atoms with Crippen LogP contribution in [0.1, 0.15) is 43.9 Å². The van der Waals surface area contributed by atoms with E-state index in [0.717, 1.165) is 25.0 Å². The van der Waals surface area contributed by atoms with Crippen molar-refractivity contribution in [1.82, 2.24) is 0 Å². The Morgan fingerprint density at radius 3 is 2.44 bits per heavy atom. The van der Waals surface area contributed by atoms with Crippen molar-refractivity contribution in [3.8, 4) is 0 Å². The molecule has 1 rings (SSSR count). The maximum atomic E-state index is 6.04. The monoisotopic (exact) mass is 221 g/mol. The van der Waals surface area contributed by atoms with Gasteiger partial charge in [-0.25, -0.2) is 0 Å². The number of aryl methyl sites for hydroxylation is 1. The average molecular weight is 221 g/mol. The third-order valence-electron chi connectivity index (χ3n) is 2.76. The van der Waals surface area contributed by atoms with Crippen LogP contribution in [0, 0.1) is 0 Å². The fourth-order valence-corrected chi connectivity index (χ4v) is 1.55. The number of hydrogen-bond acceptors (Lipinski definition) is 2. The van der Waals surface area contributed by atoms with Crippen molar-refractivity contribution >= 4 is 0 Å². The smallest absolute Gasteiger partial charge is 0.0659 e. The molecule has 1 atom stereocenters. The molecule has 0 fully saturated rings. The van der Waals surface area contributed by atoms with Gasteiger partial charge in [0.2, 0.25) is 0 Å². The van der Waals surface area contributed by atoms with Crippen LogP contribution in [0.15, 0.2) is 24.3 Å². The second-order valence-electron chi connectivity index (χ2n) is 4.13. The summed E-state index contributed by atoms with van der Waals surface area (Å²) >= 11 is 0. The molecule has 0 radical (unpaired) electrons. The Labute approximate surface area is 98.8 Å². The minimum Gasteiger partial charge on any atom is -0.379 e. The lowest BCUT2D eigenvalue weighted by Gasteiger charge is -2.12. The van der Waals surface area contributed by atoms with Crippen molar-refractivity contribution < 1.29 is 4.74 Å². The Kier molecular flexibility index (Phi) is 6.12. The van der Waals surface area contributed by atoms with Crippen molar-refractivity contribution in [1.29, 1.82) is 0 Å². The zero-order valence-electron chi connectivity index (χ0n) is 10.4. The van der Waals surface area contributed by atoms with Crippen molar-refractivity contribution in [2.45, 2.75) is 39.2 Å². The fourth-order valence-electron chi connectivity index (χ4n) is 1.55. The van der Waals surface area contributed by atoms with E-state index in [1.54, 1.807) is 0 Å². The van der Waals surface area contributed by atoms with Gasteiger partial charge >= 0.3 is 0 Å². The first kappa shape index (κ1) is 13.2. The van der Waals surface area contributed by atoms with E-state index in [0.29, 0.717) is 6.61 Å². The van der Waals surface area contributed by atoms with E-state index >= 15 is 0 Å². The van der Waals surface area contributed by atoms with Crippen LogP contribution in [0.5, 0.6) is 0 Å². The molecule has 0 aromatic heterocycles. The summed E-state index contributed by atoms with van der Waals surface area (Å²) in [5.41, 5.74) is 8.55. The van der Waals surface area contributed by atoms with Crippen LogP contribution in [0.3, 0.4) is 0 Å². The number of benzene rings is 1. The molecule has 0 aliphatic rings. The summed E-state index contributed by atoms with van der Waals surface area (Å²) in [6.45, 7) is 5.75. The molecule has 0 aliphatic heterocycles. The predicted molar refractivity (Wildman–Crippen MR) is 68.5 cm³/mol. The highest BCUT2D eigenvalue weighted by Crippen LogP contribution is 2.12. The molecule has 1 unspecified atom stereocenters. The quantitative estimate of drug-likeness (QED) is 0.718. The van der Waals surface area contributed by atoms with Crippen molar-refractivity contribution in [3.05, 3.63) is 35.4 Å². The second-order valence-corrected chi connectivity index (χ2v) is 4.13. The average Bonchev–Trinajstić information content (AvgIpc) is 2.34. The first-order chi connectivity index (χ1) is 7.77. The largest absolute Gasteiger partial charge is 0.379 e. The Hall–Kier alpha value is -0.860. The minimum atomic E-state index is 0.00256. The van der Waals surface area contributed by atoms with Gasteiger partial charge in [-0.2, -0.15) is 0 Å². The normalized spacial score (nSPS) is 12.7. The van der Waals surface area contributed by atoms with Gasteiger partial charge in [0, 0.05) is 6.61 Å². The summed E-state index contributed by atoms with van der Waals surface area (Å²) in [4.78, 5) is 0. The van der Waals surface area contributed by atoms with Crippen molar-refractivity contribution in [3.63, 3.8) is 0 Å². The van der Waals surface area contributed by atoms with Crippen LogP contribution in [0.25, 0.3) is 0 Å². The van der Waals surface area contributed by atoms with E-state index in [-0.39, 0.29) is 6.04 Å². The molecular weight excluding hydrogens is 198 g/mol. The second kappa shape index (κ2) is 7.42. The summed E-state index contributed by atoms with van der Waals surface area (Å²) in [5, 5.41) is 0. The highest BCUT2D eigenvalue weighted by molar-refractivity contribution is 5.24. The van der Waals surface area contributed by atoms with Crippen LogP contribution >= 0.6 is 0 Å². The molecule has 0 aliphatic carbocycles. The first-order valence-electron chi connectivity index (χ1n) is 6.20. The van der Waals surface area contributed by atoms with Gasteiger partial charge in [0.25, 0.3) is 0 Å². The lowest BCUT2D eigenvalue weighted by Crippen LogP contribution is -2.17. The summed E-state index contributed by atoms with van der Waals surface area (Å²) in [7, 11) is 0.